The van der Waals surface area contributed by atoms with Gasteiger partial charge in [-0.05, 0) is 23.6 Å². The Morgan fingerprint density at radius 1 is 1.00 bits per heavy atom. The summed E-state index contributed by atoms with van der Waals surface area (Å²) in [5.41, 5.74) is 0.920. The van der Waals surface area contributed by atoms with Gasteiger partial charge >= 0.3 is 5.76 Å². The van der Waals surface area contributed by atoms with Crippen molar-refractivity contribution in [2.75, 3.05) is 0 Å². The van der Waals surface area contributed by atoms with Gasteiger partial charge in [0.05, 0.1) is 4.90 Å². The summed E-state index contributed by atoms with van der Waals surface area (Å²) in [5.74, 6) is -3.12. The molecule has 0 heterocycles. The molecule has 2 nitrogen and oxygen atoms in total. The third-order valence-corrected chi connectivity index (χ3v) is 3.51. The number of hydrogen-bond acceptors (Lipinski definition) is 2. The van der Waals surface area contributed by atoms with E-state index in [1.54, 1.807) is 12.1 Å². The van der Waals surface area contributed by atoms with Crippen LogP contribution in [-0.2, 0) is 9.84 Å². The average molecular weight is 264 g/mol. The predicted octanol–water partition coefficient (Wildman–Crippen LogP) is 3.83. The molecule has 0 spiro atoms. The van der Waals surface area contributed by atoms with Crippen LogP contribution in [0.15, 0.2) is 29.2 Å². The number of halogens is 2. The lowest BCUT2D eigenvalue weighted by molar-refractivity contribution is 0.234. The van der Waals surface area contributed by atoms with E-state index in [4.69, 9.17) is 0 Å². The third kappa shape index (κ3) is 4.07. The third-order valence-electron chi connectivity index (χ3n) is 2.11. The van der Waals surface area contributed by atoms with E-state index in [9.17, 15) is 17.2 Å². The van der Waals surface area contributed by atoms with Crippen molar-refractivity contribution in [2.45, 2.75) is 44.3 Å². The summed E-state index contributed by atoms with van der Waals surface area (Å²) in [4.78, 5) is -0.332. The highest BCUT2D eigenvalue weighted by atomic mass is 32.2. The second-order valence-electron chi connectivity index (χ2n) is 3.53. The zero-order valence-electron chi connectivity index (χ0n) is 10.4. The molecule has 0 aliphatic heterocycles. The van der Waals surface area contributed by atoms with Gasteiger partial charge in [0.1, 0.15) is 0 Å². The zero-order chi connectivity index (χ0) is 13.6. The van der Waals surface area contributed by atoms with Crippen LogP contribution >= 0.6 is 0 Å². The molecule has 0 bridgehead atoms. The van der Waals surface area contributed by atoms with E-state index in [1.165, 1.54) is 12.1 Å². The van der Waals surface area contributed by atoms with E-state index in [0.29, 0.717) is 0 Å². The minimum absolute atomic E-state index is 0.244. The largest absolute Gasteiger partial charge is 0.341 e. The van der Waals surface area contributed by atoms with Crippen LogP contribution in [0.3, 0.4) is 0 Å². The van der Waals surface area contributed by atoms with Crippen molar-refractivity contribution in [1.82, 2.24) is 0 Å². The van der Waals surface area contributed by atoms with Crippen molar-refractivity contribution >= 4 is 9.84 Å². The molecule has 0 unspecified atom stereocenters. The zero-order valence-corrected chi connectivity index (χ0v) is 11.3. The molecular formula is C12H18F2O2S. The lowest BCUT2D eigenvalue weighted by Crippen LogP contribution is -2.11. The van der Waals surface area contributed by atoms with Crippen molar-refractivity contribution in [1.29, 1.82) is 0 Å². The monoisotopic (exact) mass is 264 g/mol. The molecule has 0 aliphatic rings. The van der Waals surface area contributed by atoms with Crippen LogP contribution in [0.25, 0.3) is 0 Å². The van der Waals surface area contributed by atoms with Gasteiger partial charge < -0.3 is 0 Å². The summed E-state index contributed by atoms with van der Waals surface area (Å²) >= 11 is 0. The maximum atomic E-state index is 12.2. The van der Waals surface area contributed by atoms with E-state index in [0.717, 1.165) is 5.56 Å². The van der Waals surface area contributed by atoms with Crippen LogP contribution < -0.4 is 0 Å². The number of hydrogen-bond donors (Lipinski definition) is 0. The highest BCUT2D eigenvalue weighted by Gasteiger charge is 2.26. The van der Waals surface area contributed by atoms with E-state index in [1.807, 2.05) is 27.7 Å². The summed E-state index contributed by atoms with van der Waals surface area (Å²) in [6.45, 7) is 7.88. The molecule has 1 aromatic carbocycles. The molecule has 0 saturated carbocycles. The minimum Gasteiger partial charge on any atom is -0.218 e. The molecule has 1 aromatic rings. The lowest BCUT2D eigenvalue weighted by Gasteiger charge is -2.07. The van der Waals surface area contributed by atoms with Crippen LogP contribution in [0.2, 0.25) is 0 Å². The van der Waals surface area contributed by atoms with Gasteiger partial charge in [-0.3, -0.25) is 0 Å². The fraction of sp³-hybridized carbons (Fsp3) is 0.500. The molecule has 0 fully saturated rings. The Bertz CT molecular complexity index is 422. The Labute approximate surface area is 102 Å². The first-order chi connectivity index (χ1) is 7.85. The maximum absolute atomic E-state index is 12.2. The summed E-state index contributed by atoms with van der Waals surface area (Å²) in [7, 11) is -4.45. The molecule has 0 saturated heterocycles. The fourth-order valence-corrected chi connectivity index (χ4v) is 1.87. The highest BCUT2D eigenvalue weighted by Crippen LogP contribution is 2.21. The van der Waals surface area contributed by atoms with Crippen LogP contribution in [-0.4, -0.2) is 14.2 Å². The average Bonchev–Trinajstić information content (AvgIpc) is 2.31. The van der Waals surface area contributed by atoms with Crippen molar-refractivity contribution in [2.24, 2.45) is 0 Å². The van der Waals surface area contributed by atoms with E-state index < -0.39 is 15.6 Å². The van der Waals surface area contributed by atoms with E-state index in [2.05, 4.69) is 0 Å². The smallest absolute Gasteiger partial charge is 0.218 e. The fourth-order valence-electron chi connectivity index (χ4n) is 1.15. The van der Waals surface area contributed by atoms with Crippen molar-refractivity contribution in [3.63, 3.8) is 0 Å². The molecule has 5 heteroatoms. The first-order valence-electron chi connectivity index (χ1n) is 5.47. The van der Waals surface area contributed by atoms with E-state index >= 15 is 0 Å². The maximum Gasteiger partial charge on any atom is 0.341 e. The Morgan fingerprint density at radius 2 is 1.41 bits per heavy atom. The molecular weight excluding hydrogens is 246 g/mol. The molecule has 0 atom stereocenters. The number of rotatable bonds is 3. The topological polar surface area (TPSA) is 34.1 Å². The van der Waals surface area contributed by atoms with Gasteiger partial charge in [0.2, 0.25) is 9.84 Å². The van der Waals surface area contributed by atoms with Crippen LogP contribution in [0.4, 0.5) is 8.78 Å². The van der Waals surface area contributed by atoms with E-state index in [-0.39, 0.29) is 10.8 Å². The molecule has 0 aromatic heterocycles. The van der Waals surface area contributed by atoms with Gasteiger partial charge in [-0.15, -0.1) is 0 Å². The molecule has 17 heavy (non-hydrogen) atoms. The number of alkyl halides is 2. The quantitative estimate of drug-likeness (QED) is 0.831. The number of sulfone groups is 1. The van der Waals surface area contributed by atoms with Crippen LogP contribution in [0.1, 0.15) is 39.2 Å². The Hall–Kier alpha value is -0.970. The summed E-state index contributed by atoms with van der Waals surface area (Å²) in [5, 5.41) is 0. The first-order valence-corrected chi connectivity index (χ1v) is 7.02. The van der Waals surface area contributed by atoms with Gasteiger partial charge in [0, 0.05) is 0 Å². The van der Waals surface area contributed by atoms with Crippen LogP contribution in [0.5, 0.6) is 0 Å². The Balaban J connectivity index is 0.00000121. The molecule has 0 N–H and O–H groups in total. The second-order valence-corrected chi connectivity index (χ2v) is 5.45. The van der Waals surface area contributed by atoms with Gasteiger partial charge in [-0.1, -0.05) is 39.8 Å². The van der Waals surface area contributed by atoms with Gasteiger partial charge in [0.25, 0.3) is 0 Å². The second kappa shape index (κ2) is 6.69. The summed E-state index contributed by atoms with van der Waals surface area (Å²) in [6.07, 6.45) is 0. The molecule has 1 rings (SSSR count). The normalized spacial score (nSPS) is 11.3. The highest BCUT2D eigenvalue weighted by molar-refractivity contribution is 7.91. The summed E-state index contributed by atoms with van der Waals surface area (Å²) < 4.78 is 46.5. The lowest BCUT2D eigenvalue weighted by atomic mass is 10.0. The predicted molar refractivity (Wildman–Crippen MR) is 65.1 cm³/mol. The molecule has 0 radical (unpaired) electrons. The van der Waals surface area contributed by atoms with Crippen LogP contribution in [0, 0.1) is 0 Å². The van der Waals surface area contributed by atoms with Gasteiger partial charge in [-0.25, -0.2) is 8.42 Å². The SMILES string of the molecule is CC.CC(C)c1ccc(S(=O)(=O)C(F)F)cc1. The Morgan fingerprint density at radius 3 is 1.71 bits per heavy atom. The van der Waals surface area contributed by atoms with Crippen molar-refractivity contribution < 1.29 is 17.2 Å². The van der Waals surface area contributed by atoms with Gasteiger partial charge in [-0.2, -0.15) is 8.78 Å². The Kier molecular flexibility index (Phi) is 6.31. The first kappa shape index (κ1) is 16.0. The molecule has 0 aliphatic carbocycles. The van der Waals surface area contributed by atoms with Gasteiger partial charge in [0.15, 0.2) is 0 Å². The van der Waals surface area contributed by atoms with Crippen molar-refractivity contribution in [3.8, 4) is 0 Å². The number of benzene rings is 1. The summed E-state index contributed by atoms with van der Waals surface area (Å²) in [6, 6.07) is 5.55. The molecule has 98 valence electrons. The standard InChI is InChI=1S/C10H12F2O2S.C2H6/c1-7(2)8-3-5-9(6-4-8)15(13,14)10(11)12;1-2/h3-7,10H,1-2H3;1-2H3. The van der Waals surface area contributed by atoms with Crippen molar-refractivity contribution in [3.05, 3.63) is 29.8 Å². The molecule has 0 amide bonds. The minimum atomic E-state index is -4.45.